The molecule has 4 aromatic rings. The zero-order chi connectivity index (χ0) is 20.4. The normalized spacial score (nSPS) is 12.1. The molecule has 4 aromatic heterocycles. The molecule has 0 spiro atoms. The molecule has 29 heavy (non-hydrogen) atoms. The Kier molecular flexibility index (Phi) is 5.02. The number of hydrogen-bond donors (Lipinski definition) is 3. The highest BCUT2D eigenvalue weighted by atomic mass is 19.1. The van der Waals surface area contributed by atoms with Gasteiger partial charge in [0.15, 0.2) is 11.6 Å². The van der Waals surface area contributed by atoms with E-state index in [4.69, 9.17) is 4.74 Å². The van der Waals surface area contributed by atoms with Gasteiger partial charge in [0.1, 0.15) is 17.3 Å². The van der Waals surface area contributed by atoms with Gasteiger partial charge in [0.2, 0.25) is 11.7 Å². The summed E-state index contributed by atoms with van der Waals surface area (Å²) in [7, 11) is 1.50. The van der Waals surface area contributed by atoms with Crippen molar-refractivity contribution in [2.45, 2.75) is 6.10 Å². The van der Waals surface area contributed by atoms with E-state index in [2.05, 4.69) is 25.4 Å². The van der Waals surface area contributed by atoms with Crippen molar-refractivity contribution in [3.63, 3.8) is 0 Å². The second-order valence-electron chi connectivity index (χ2n) is 6.09. The van der Waals surface area contributed by atoms with Gasteiger partial charge in [-0.3, -0.25) is 4.98 Å². The number of hydrogen-bond acceptors (Lipinski definition) is 8. The van der Waals surface area contributed by atoms with Crippen molar-refractivity contribution in [1.82, 2.24) is 24.6 Å². The first kappa shape index (κ1) is 18.7. The molecule has 9 nitrogen and oxygen atoms in total. The first-order valence-electron chi connectivity index (χ1n) is 8.67. The lowest BCUT2D eigenvalue weighted by Crippen LogP contribution is -2.08. The summed E-state index contributed by atoms with van der Waals surface area (Å²) < 4.78 is 20.8. The number of anilines is 2. The quantitative estimate of drug-likeness (QED) is 0.454. The van der Waals surface area contributed by atoms with E-state index in [1.807, 2.05) is 0 Å². The zero-order valence-corrected chi connectivity index (χ0v) is 15.3. The summed E-state index contributed by atoms with van der Waals surface area (Å²) in [4.78, 5) is 12.6. The van der Waals surface area contributed by atoms with E-state index in [9.17, 15) is 14.6 Å². The highest BCUT2D eigenvalue weighted by molar-refractivity contribution is 5.78. The first-order valence-corrected chi connectivity index (χ1v) is 8.67. The van der Waals surface area contributed by atoms with Crippen molar-refractivity contribution >= 4 is 17.0 Å². The van der Waals surface area contributed by atoms with Crippen molar-refractivity contribution in [2.24, 2.45) is 0 Å². The lowest BCUT2D eigenvalue weighted by molar-refractivity contribution is 0.0967. The summed E-state index contributed by atoms with van der Waals surface area (Å²) >= 11 is 0. The fraction of sp³-hybridized carbons (Fsp3) is 0.158. The van der Waals surface area contributed by atoms with E-state index in [0.29, 0.717) is 22.7 Å². The third-order valence-electron chi connectivity index (χ3n) is 4.26. The van der Waals surface area contributed by atoms with Gasteiger partial charge in [0.05, 0.1) is 25.6 Å². The molecule has 1 atom stereocenters. The molecule has 0 aliphatic heterocycles. The van der Waals surface area contributed by atoms with Gasteiger partial charge in [0.25, 0.3) is 0 Å². The van der Waals surface area contributed by atoms with E-state index < -0.39 is 18.5 Å². The molecule has 0 amide bonds. The number of methoxy groups -OCH3 is 1. The number of nitrogens with one attached hydrogen (secondary N) is 1. The van der Waals surface area contributed by atoms with Crippen LogP contribution in [0.4, 0.5) is 15.9 Å². The van der Waals surface area contributed by atoms with Crippen molar-refractivity contribution in [1.29, 1.82) is 0 Å². The molecule has 148 valence electrons. The Hall–Kier alpha value is -3.63. The van der Waals surface area contributed by atoms with Crippen LogP contribution in [0.15, 0.2) is 48.9 Å². The first-order chi connectivity index (χ1) is 14.1. The molecule has 10 heteroatoms. The van der Waals surface area contributed by atoms with Crippen LogP contribution >= 0.6 is 0 Å². The second-order valence-corrected chi connectivity index (χ2v) is 6.09. The molecular formula is C19H17FN6O3. The monoisotopic (exact) mass is 396 g/mol. The zero-order valence-electron chi connectivity index (χ0n) is 15.3. The number of rotatable bonds is 6. The number of halogens is 1. The van der Waals surface area contributed by atoms with Crippen molar-refractivity contribution in [3.8, 4) is 17.4 Å². The number of fused-ring (bicyclic) bond motifs is 1. The molecule has 4 rings (SSSR count). The van der Waals surface area contributed by atoms with Gasteiger partial charge < -0.3 is 20.3 Å². The number of aromatic nitrogens is 5. The Morgan fingerprint density at radius 1 is 1.24 bits per heavy atom. The molecule has 4 heterocycles. The second kappa shape index (κ2) is 7.78. The van der Waals surface area contributed by atoms with Gasteiger partial charge >= 0.3 is 0 Å². The average molecular weight is 396 g/mol. The highest BCUT2D eigenvalue weighted by Crippen LogP contribution is 2.30. The van der Waals surface area contributed by atoms with Crippen LogP contribution < -0.4 is 10.1 Å². The third-order valence-corrected chi connectivity index (χ3v) is 4.26. The van der Waals surface area contributed by atoms with Crippen LogP contribution in [0.1, 0.15) is 11.7 Å². The van der Waals surface area contributed by atoms with E-state index in [1.165, 1.54) is 23.9 Å². The Morgan fingerprint density at radius 2 is 2.10 bits per heavy atom. The summed E-state index contributed by atoms with van der Waals surface area (Å²) in [5.41, 5.74) is 1.39. The van der Waals surface area contributed by atoms with Crippen LogP contribution in [0.25, 0.3) is 17.0 Å². The maximum absolute atomic E-state index is 14.2. The number of pyridine rings is 2. The van der Waals surface area contributed by atoms with Crippen LogP contribution in [0.2, 0.25) is 0 Å². The Balaban J connectivity index is 1.91. The molecule has 0 radical (unpaired) electrons. The third kappa shape index (κ3) is 3.58. The molecule has 0 aliphatic carbocycles. The number of aliphatic hydroxyl groups is 2. The number of ether oxygens (including phenoxy) is 1. The molecule has 0 saturated carbocycles. The minimum absolute atomic E-state index is 0.149. The Bertz CT molecular complexity index is 1170. The lowest BCUT2D eigenvalue weighted by atomic mass is 10.1. The molecular weight excluding hydrogens is 379 g/mol. The lowest BCUT2D eigenvalue weighted by Gasteiger charge is -2.13. The topological polar surface area (TPSA) is 118 Å². The van der Waals surface area contributed by atoms with Gasteiger partial charge in [-0.15, -0.1) is 5.10 Å². The fourth-order valence-corrected chi connectivity index (χ4v) is 2.87. The maximum atomic E-state index is 14.2. The fourth-order valence-electron chi connectivity index (χ4n) is 2.87. The largest absolute Gasteiger partial charge is 0.481 e. The summed E-state index contributed by atoms with van der Waals surface area (Å²) in [5.74, 6) is 0.317. The minimum Gasteiger partial charge on any atom is -0.481 e. The predicted molar refractivity (Wildman–Crippen MR) is 102 cm³/mol. The molecule has 0 fully saturated rings. The molecule has 0 aliphatic rings. The number of nitrogens with zero attached hydrogens (tertiary/aromatic N) is 5. The van der Waals surface area contributed by atoms with Gasteiger partial charge in [-0.05, 0) is 18.2 Å². The van der Waals surface area contributed by atoms with Gasteiger partial charge in [-0.1, -0.05) is 6.07 Å². The number of aliphatic hydroxyl groups excluding tert-OH is 2. The van der Waals surface area contributed by atoms with E-state index in [0.717, 1.165) is 6.20 Å². The van der Waals surface area contributed by atoms with E-state index in [-0.39, 0.29) is 17.3 Å². The molecule has 3 N–H and O–H groups in total. The maximum Gasteiger partial charge on any atom is 0.213 e. The SMILES string of the molecule is COc1cccc(-c2nc(Nc3ccncc3F)c3c(C(O)CO)ccn3n2)n1. The molecule has 1 unspecified atom stereocenters. The van der Waals surface area contributed by atoms with Gasteiger partial charge in [-0.2, -0.15) is 0 Å². The average Bonchev–Trinajstić information content (AvgIpc) is 3.19. The summed E-state index contributed by atoms with van der Waals surface area (Å²) in [6.07, 6.45) is 2.98. The van der Waals surface area contributed by atoms with Crippen LogP contribution in [0, 0.1) is 5.82 Å². The predicted octanol–water partition coefficient (Wildman–Crippen LogP) is 2.10. The molecule has 0 bridgehead atoms. The smallest absolute Gasteiger partial charge is 0.213 e. The van der Waals surface area contributed by atoms with Gasteiger partial charge in [0, 0.05) is 24.0 Å². The van der Waals surface area contributed by atoms with Crippen molar-refractivity contribution < 1.29 is 19.3 Å². The van der Waals surface area contributed by atoms with Crippen LogP contribution in [-0.2, 0) is 0 Å². The Labute approximate surface area is 164 Å². The van der Waals surface area contributed by atoms with Crippen LogP contribution in [0.3, 0.4) is 0 Å². The summed E-state index contributed by atoms with van der Waals surface area (Å²) in [6, 6.07) is 8.23. The van der Waals surface area contributed by atoms with Gasteiger partial charge in [-0.25, -0.2) is 18.9 Å². The molecule has 0 saturated heterocycles. The van der Waals surface area contributed by atoms with Crippen molar-refractivity contribution in [2.75, 3.05) is 19.0 Å². The minimum atomic E-state index is -1.15. The van der Waals surface area contributed by atoms with Crippen molar-refractivity contribution in [3.05, 3.63) is 60.3 Å². The van der Waals surface area contributed by atoms with Crippen LogP contribution in [-0.4, -0.2) is 48.5 Å². The molecule has 0 aromatic carbocycles. The standard InChI is InChI=1S/C19H17FN6O3/c1-29-16-4-2-3-14(22-16)18-24-19(23-13-5-7-21-9-12(13)20)17-11(15(28)10-27)6-8-26(17)25-18/h2-9,15,27-28H,10H2,1H3,(H,21,23,24,25). The highest BCUT2D eigenvalue weighted by Gasteiger charge is 2.20. The van der Waals surface area contributed by atoms with Crippen LogP contribution in [0.5, 0.6) is 5.88 Å². The Morgan fingerprint density at radius 3 is 2.86 bits per heavy atom. The summed E-state index contributed by atoms with van der Waals surface area (Å²) in [6.45, 7) is -0.484. The van der Waals surface area contributed by atoms with E-state index >= 15 is 0 Å². The summed E-state index contributed by atoms with van der Waals surface area (Å²) in [5, 5.41) is 26.9. The van der Waals surface area contributed by atoms with E-state index in [1.54, 1.807) is 30.5 Å².